The molecule has 0 saturated carbocycles. The van der Waals surface area contributed by atoms with Crippen LogP contribution in [0.4, 0.5) is 0 Å². The topological polar surface area (TPSA) is 36.9 Å². The van der Waals surface area contributed by atoms with Crippen LogP contribution in [-0.4, -0.2) is 23.8 Å². The summed E-state index contributed by atoms with van der Waals surface area (Å²) in [6.07, 6.45) is 0. The molecule has 0 aromatic heterocycles. The fraction of sp³-hybridized carbons (Fsp3) is 0.400. The van der Waals surface area contributed by atoms with Crippen LogP contribution in [0.5, 0.6) is 23.0 Å². The summed E-state index contributed by atoms with van der Waals surface area (Å²) in [5, 5.41) is 0. The van der Waals surface area contributed by atoms with Gasteiger partial charge in [0.1, 0.15) is 23.8 Å². The van der Waals surface area contributed by atoms with Crippen LogP contribution in [0.2, 0.25) is 0 Å². The summed E-state index contributed by atoms with van der Waals surface area (Å²) in [7, 11) is 0. The van der Waals surface area contributed by atoms with Crippen LogP contribution in [0.1, 0.15) is 0 Å². The second-order valence-corrected chi connectivity index (χ2v) is 3.85. The highest BCUT2D eigenvalue weighted by atomic mass is 32.1. The molecule has 18 heavy (non-hydrogen) atoms. The number of ether oxygens (including phenoxy) is 4. The fourth-order valence-corrected chi connectivity index (χ4v) is 1.83. The molecule has 0 radical (unpaired) electrons. The van der Waals surface area contributed by atoms with Crippen LogP contribution in [0, 0.1) is 0 Å². The highest BCUT2D eigenvalue weighted by molar-refractivity contribution is 7.80. The van der Waals surface area contributed by atoms with E-state index in [1.807, 2.05) is 0 Å². The minimum Gasteiger partial charge on any atom is -0.479 e. The van der Waals surface area contributed by atoms with Crippen molar-refractivity contribution in [3.05, 3.63) is 12.1 Å². The molecule has 1 aromatic rings. The summed E-state index contributed by atoms with van der Waals surface area (Å²) in [6, 6.07) is 3.41. The minimum atomic E-state index is 0.177. The van der Waals surface area contributed by atoms with Crippen LogP contribution in [-0.2, 0) is 0 Å². The first-order chi connectivity index (χ1) is 8.78. The van der Waals surface area contributed by atoms with Crippen LogP contribution < -0.4 is 18.9 Å². The molecule has 102 valence electrons. The van der Waals surface area contributed by atoms with Gasteiger partial charge in [0.05, 0.1) is 0 Å². The Morgan fingerprint density at radius 1 is 0.611 bits per heavy atom. The van der Waals surface area contributed by atoms with Crippen molar-refractivity contribution in [3.63, 3.8) is 0 Å². The Bertz CT molecular complexity index is 340. The zero-order valence-corrected chi connectivity index (χ0v) is 13.0. The average molecular weight is 326 g/mol. The fourth-order valence-electron chi connectivity index (χ4n) is 1.30. The standard InChI is InChI=1S/C10H14O4S4/c15-3-11-7-1-2-8(12-4-16)10(14-6-18)9(7)13-5-17/h1-2,15-18H,3-6H2. The lowest BCUT2D eigenvalue weighted by Gasteiger charge is -2.17. The van der Waals surface area contributed by atoms with Crippen molar-refractivity contribution in [2.75, 3.05) is 23.8 Å². The molecule has 0 fully saturated rings. The van der Waals surface area contributed by atoms with Gasteiger partial charge in [-0.05, 0) is 12.1 Å². The molecule has 0 bridgehead atoms. The van der Waals surface area contributed by atoms with Crippen molar-refractivity contribution >= 4 is 50.5 Å². The number of thiol groups is 4. The third-order valence-corrected chi connectivity index (χ3v) is 2.41. The maximum atomic E-state index is 5.40. The van der Waals surface area contributed by atoms with Gasteiger partial charge in [-0.1, -0.05) is 0 Å². The molecular formula is C10H14O4S4. The lowest BCUT2D eigenvalue weighted by Crippen LogP contribution is -2.03. The highest BCUT2D eigenvalue weighted by Crippen LogP contribution is 2.45. The molecule has 0 heterocycles. The first kappa shape index (κ1) is 15.9. The summed E-state index contributed by atoms with van der Waals surface area (Å²) in [5.74, 6) is 2.61. The minimum absolute atomic E-state index is 0.177. The van der Waals surface area contributed by atoms with Gasteiger partial charge in [-0.3, -0.25) is 0 Å². The zero-order chi connectivity index (χ0) is 13.4. The smallest absolute Gasteiger partial charge is 0.208 e. The molecule has 1 aromatic carbocycles. The van der Waals surface area contributed by atoms with E-state index in [2.05, 4.69) is 50.5 Å². The largest absolute Gasteiger partial charge is 0.479 e. The molecule has 0 amide bonds. The summed E-state index contributed by atoms with van der Waals surface area (Å²) >= 11 is 16.1. The number of rotatable bonds is 8. The van der Waals surface area contributed by atoms with Gasteiger partial charge in [0.2, 0.25) is 11.5 Å². The van der Waals surface area contributed by atoms with Crippen molar-refractivity contribution in [1.29, 1.82) is 0 Å². The van der Waals surface area contributed by atoms with Crippen LogP contribution in [0.15, 0.2) is 12.1 Å². The Kier molecular flexibility index (Phi) is 7.80. The maximum Gasteiger partial charge on any atom is 0.208 e. The Morgan fingerprint density at radius 2 is 0.944 bits per heavy atom. The van der Waals surface area contributed by atoms with E-state index >= 15 is 0 Å². The van der Waals surface area contributed by atoms with E-state index in [1.54, 1.807) is 12.1 Å². The van der Waals surface area contributed by atoms with Gasteiger partial charge in [0, 0.05) is 0 Å². The molecule has 0 unspecified atom stereocenters. The monoisotopic (exact) mass is 326 g/mol. The maximum absolute atomic E-state index is 5.40. The first-order valence-corrected chi connectivity index (χ1v) is 7.43. The Hall–Kier alpha value is -0.180. The predicted octanol–water partition coefficient (Wildman–Crippen LogP) is 2.75. The van der Waals surface area contributed by atoms with Crippen molar-refractivity contribution in [2.24, 2.45) is 0 Å². The lowest BCUT2D eigenvalue weighted by molar-refractivity contribution is 0.288. The van der Waals surface area contributed by atoms with Gasteiger partial charge < -0.3 is 18.9 Å². The van der Waals surface area contributed by atoms with Crippen LogP contribution >= 0.6 is 50.5 Å². The van der Waals surface area contributed by atoms with E-state index in [0.717, 1.165) is 0 Å². The highest BCUT2D eigenvalue weighted by Gasteiger charge is 2.18. The van der Waals surface area contributed by atoms with Crippen LogP contribution in [0.25, 0.3) is 0 Å². The van der Waals surface area contributed by atoms with Gasteiger partial charge >= 0.3 is 0 Å². The molecule has 0 atom stereocenters. The van der Waals surface area contributed by atoms with Gasteiger partial charge in [-0.15, -0.1) is 50.5 Å². The summed E-state index contributed by atoms with van der Waals surface area (Å²) in [5.41, 5.74) is 0. The quantitative estimate of drug-likeness (QED) is 0.438. The summed E-state index contributed by atoms with van der Waals surface area (Å²) < 4.78 is 21.5. The molecule has 1 rings (SSSR count). The number of hydrogen-bond donors (Lipinski definition) is 4. The van der Waals surface area contributed by atoms with Gasteiger partial charge in [0.25, 0.3) is 0 Å². The Balaban J connectivity index is 3.19. The molecule has 4 nitrogen and oxygen atoms in total. The van der Waals surface area contributed by atoms with Crippen molar-refractivity contribution < 1.29 is 18.9 Å². The predicted molar refractivity (Wildman–Crippen MR) is 84.4 cm³/mol. The van der Waals surface area contributed by atoms with Gasteiger partial charge in [-0.25, -0.2) is 0 Å². The molecule has 0 saturated heterocycles. The summed E-state index contributed by atoms with van der Waals surface area (Å²) in [6.45, 7) is 0. The van der Waals surface area contributed by atoms with Crippen molar-refractivity contribution in [2.45, 2.75) is 0 Å². The van der Waals surface area contributed by atoms with E-state index in [1.165, 1.54) is 0 Å². The third kappa shape index (κ3) is 4.18. The van der Waals surface area contributed by atoms with E-state index < -0.39 is 0 Å². The SMILES string of the molecule is SCOc1ccc(OCS)c(OCS)c1OCS. The van der Waals surface area contributed by atoms with Gasteiger partial charge in [0.15, 0.2) is 11.5 Å². The molecular weight excluding hydrogens is 312 g/mol. The van der Waals surface area contributed by atoms with E-state index in [9.17, 15) is 0 Å². The Labute approximate surface area is 128 Å². The Morgan fingerprint density at radius 3 is 1.22 bits per heavy atom. The summed E-state index contributed by atoms with van der Waals surface area (Å²) in [4.78, 5) is 0. The molecule has 0 aliphatic heterocycles. The van der Waals surface area contributed by atoms with Gasteiger partial charge in [-0.2, -0.15) is 0 Å². The average Bonchev–Trinajstić information content (AvgIpc) is 2.37. The van der Waals surface area contributed by atoms with E-state index in [-0.39, 0.29) is 23.8 Å². The molecule has 8 heteroatoms. The molecule has 0 N–H and O–H groups in total. The number of benzene rings is 1. The first-order valence-electron chi connectivity index (χ1n) is 4.90. The molecule has 0 aliphatic carbocycles. The number of hydrogen-bond acceptors (Lipinski definition) is 8. The normalized spacial score (nSPS) is 10.0. The third-order valence-electron chi connectivity index (χ3n) is 1.90. The van der Waals surface area contributed by atoms with E-state index in [0.29, 0.717) is 23.0 Å². The van der Waals surface area contributed by atoms with E-state index in [4.69, 9.17) is 18.9 Å². The zero-order valence-electron chi connectivity index (χ0n) is 9.40. The lowest BCUT2D eigenvalue weighted by atomic mass is 10.2. The molecule has 0 spiro atoms. The second-order valence-electron chi connectivity index (χ2n) is 2.81. The van der Waals surface area contributed by atoms with Crippen molar-refractivity contribution in [1.82, 2.24) is 0 Å². The van der Waals surface area contributed by atoms with Crippen molar-refractivity contribution in [3.8, 4) is 23.0 Å². The second kappa shape index (κ2) is 8.84. The van der Waals surface area contributed by atoms with Crippen LogP contribution in [0.3, 0.4) is 0 Å². The molecule has 0 aliphatic rings.